The standard InChI is InChI=1S/C16H16N6S/c1-8(2)22-16-13(15(17)18-7-19-16)14(21-22)10-4-5-11-12(6-10)23-9(3)20-11/h4-8H,1-3H3,(H2,17,18,19). The summed E-state index contributed by atoms with van der Waals surface area (Å²) >= 11 is 1.68. The summed E-state index contributed by atoms with van der Waals surface area (Å²) in [5.41, 5.74) is 9.71. The molecule has 6 nitrogen and oxygen atoms in total. The van der Waals surface area contributed by atoms with E-state index in [0.717, 1.165) is 37.5 Å². The maximum Gasteiger partial charge on any atom is 0.164 e. The molecule has 0 aliphatic carbocycles. The van der Waals surface area contributed by atoms with Crippen LogP contribution in [-0.4, -0.2) is 24.7 Å². The van der Waals surface area contributed by atoms with E-state index in [4.69, 9.17) is 10.8 Å². The highest BCUT2D eigenvalue weighted by atomic mass is 32.1. The average Bonchev–Trinajstić information content (AvgIpc) is 3.06. The van der Waals surface area contributed by atoms with Gasteiger partial charge >= 0.3 is 0 Å². The molecule has 0 bridgehead atoms. The van der Waals surface area contributed by atoms with Gasteiger partial charge in [0.15, 0.2) is 5.65 Å². The van der Waals surface area contributed by atoms with E-state index in [-0.39, 0.29) is 6.04 Å². The zero-order valence-electron chi connectivity index (χ0n) is 13.1. The van der Waals surface area contributed by atoms with Crippen LogP contribution >= 0.6 is 11.3 Å². The Kier molecular flexibility index (Phi) is 3.05. The van der Waals surface area contributed by atoms with E-state index in [2.05, 4.69) is 34.9 Å². The Balaban J connectivity index is 2.03. The van der Waals surface area contributed by atoms with Crippen molar-refractivity contribution in [1.82, 2.24) is 24.7 Å². The molecule has 4 aromatic rings. The third kappa shape index (κ3) is 2.16. The summed E-state index contributed by atoms with van der Waals surface area (Å²) in [6.07, 6.45) is 1.48. The first-order valence-electron chi connectivity index (χ1n) is 7.41. The predicted octanol–water partition coefficient (Wildman–Crippen LogP) is 3.57. The molecule has 0 saturated carbocycles. The molecule has 0 aliphatic heterocycles. The Morgan fingerprint density at radius 1 is 1.22 bits per heavy atom. The summed E-state index contributed by atoms with van der Waals surface area (Å²) in [6, 6.07) is 6.35. The van der Waals surface area contributed by atoms with E-state index in [0.29, 0.717) is 5.82 Å². The zero-order valence-corrected chi connectivity index (χ0v) is 13.9. The van der Waals surface area contributed by atoms with Crippen LogP contribution in [-0.2, 0) is 0 Å². The minimum atomic E-state index is 0.190. The van der Waals surface area contributed by atoms with E-state index in [9.17, 15) is 0 Å². The Morgan fingerprint density at radius 3 is 2.83 bits per heavy atom. The van der Waals surface area contributed by atoms with Gasteiger partial charge in [-0.2, -0.15) is 5.10 Å². The van der Waals surface area contributed by atoms with Gasteiger partial charge in [0.1, 0.15) is 17.8 Å². The smallest absolute Gasteiger partial charge is 0.164 e. The maximum absolute atomic E-state index is 6.11. The lowest BCUT2D eigenvalue weighted by atomic mass is 10.1. The fraction of sp³-hybridized carbons (Fsp3) is 0.250. The molecule has 0 fully saturated rings. The van der Waals surface area contributed by atoms with Crippen molar-refractivity contribution in [3.63, 3.8) is 0 Å². The molecule has 23 heavy (non-hydrogen) atoms. The lowest BCUT2D eigenvalue weighted by molar-refractivity contribution is 0.548. The second-order valence-corrected chi connectivity index (χ2v) is 6.99. The molecule has 0 aliphatic rings. The number of hydrogen-bond donors (Lipinski definition) is 1. The summed E-state index contributed by atoms with van der Waals surface area (Å²) in [6.45, 7) is 6.16. The van der Waals surface area contributed by atoms with Crippen LogP contribution in [0.4, 0.5) is 5.82 Å². The van der Waals surface area contributed by atoms with Gasteiger partial charge in [-0.15, -0.1) is 11.3 Å². The van der Waals surface area contributed by atoms with Crippen LogP contribution in [0.25, 0.3) is 32.5 Å². The van der Waals surface area contributed by atoms with Crippen molar-refractivity contribution in [3.8, 4) is 11.3 Å². The number of nitrogens with zero attached hydrogens (tertiary/aromatic N) is 5. The highest BCUT2D eigenvalue weighted by molar-refractivity contribution is 7.18. The number of anilines is 1. The number of hydrogen-bond acceptors (Lipinski definition) is 6. The average molecular weight is 324 g/mol. The second-order valence-electron chi connectivity index (χ2n) is 5.76. The number of fused-ring (bicyclic) bond motifs is 2. The maximum atomic E-state index is 6.11. The van der Waals surface area contributed by atoms with E-state index in [1.54, 1.807) is 11.3 Å². The molecule has 0 spiro atoms. The molecule has 7 heteroatoms. The van der Waals surface area contributed by atoms with E-state index < -0.39 is 0 Å². The fourth-order valence-corrected chi connectivity index (χ4v) is 3.61. The van der Waals surface area contributed by atoms with Crippen LogP contribution in [0, 0.1) is 6.92 Å². The van der Waals surface area contributed by atoms with E-state index >= 15 is 0 Å². The SMILES string of the molecule is Cc1nc2ccc(-c3nn(C(C)C)c4ncnc(N)c34)cc2s1. The number of aryl methyl sites for hydroxylation is 1. The van der Waals surface area contributed by atoms with Crippen molar-refractivity contribution < 1.29 is 0 Å². The highest BCUT2D eigenvalue weighted by Gasteiger charge is 2.18. The summed E-state index contributed by atoms with van der Waals surface area (Å²) in [7, 11) is 0. The van der Waals surface area contributed by atoms with E-state index in [1.165, 1.54) is 6.33 Å². The summed E-state index contributed by atoms with van der Waals surface area (Å²) in [4.78, 5) is 13.0. The summed E-state index contributed by atoms with van der Waals surface area (Å²) in [5, 5.41) is 6.61. The molecule has 0 atom stereocenters. The first kappa shape index (κ1) is 14.1. The molecule has 2 N–H and O–H groups in total. The minimum Gasteiger partial charge on any atom is -0.383 e. The van der Waals surface area contributed by atoms with Crippen molar-refractivity contribution in [2.24, 2.45) is 0 Å². The molecule has 1 aromatic carbocycles. The lowest BCUT2D eigenvalue weighted by Crippen LogP contribution is -2.04. The van der Waals surface area contributed by atoms with E-state index in [1.807, 2.05) is 23.7 Å². The van der Waals surface area contributed by atoms with Crippen LogP contribution in [0.3, 0.4) is 0 Å². The van der Waals surface area contributed by atoms with Crippen LogP contribution in [0.5, 0.6) is 0 Å². The first-order chi connectivity index (χ1) is 11.0. The molecule has 0 saturated heterocycles. The molecular formula is C16H16N6S. The molecular weight excluding hydrogens is 308 g/mol. The van der Waals surface area contributed by atoms with Crippen LogP contribution < -0.4 is 5.73 Å². The Hall–Kier alpha value is -2.54. The predicted molar refractivity (Wildman–Crippen MR) is 93.5 cm³/mol. The third-order valence-corrected chi connectivity index (χ3v) is 4.71. The zero-order chi connectivity index (χ0) is 16.1. The van der Waals surface area contributed by atoms with Gasteiger partial charge in [-0.3, -0.25) is 0 Å². The quantitative estimate of drug-likeness (QED) is 0.609. The molecule has 0 unspecified atom stereocenters. The van der Waals surface area contributed by atoms with Gasteiger partial charge in [-0.05, 0) is 32.9 Å². The van der Waals surface area contributed by atoms with Crippen molar-refractivity contribution in [2.45, 2.75) is 26.8 Å². The van der Waals surface area contributed by atoms with Crippen LogP contribution in [0.2, 0.25) is 0 Å². The Morgan fingerprint density at radius 2 is 2.04 bits per heavy atom. The van der Waals surface area contributed by atoms with Crippen LogP contribution in [0.15, 0.2) is 24.5 Å². The van der Waals surface area contributed by atoms with Crippen LogP contribution in [0.1, 0.15) is 24.9 Å². The topological polar surface area (TPSA) is 82.5 Å². The normalized spacial score (nSPS) is 11.8. The van der Waals surface area contributed by atoms with Crippen molar-refractivity contribution in [2.75, 3.05) is 5.73 Å². The van der Waals surface area contributed by atoms with Crippen molar-refractivity contribution in [3.05, 3.63) is 29.5 Å². The number of nitrogen functional groups attached to an aromatic ring is 1. The Labute approximate surface area is 137 Å². The lowest BCUT2D eigenvalue weighted by Gasteiger charge is -2.05. The van der Waals surface area contributed by atoms with Crippen molar-refractivity contribution >= 4 is 38.4 Å². The van der Waals surface area contributed by atoms with Gasteiger partial charge in [0.2, 0.25) is 0 Å². The van der Waals surface area contributed by atoms with Gasteiger partial charge < -0.3 is 5.73 Å². The van der Waals surface area contributed by atoms with Gasteiger partial charge in [0, 0.05) is 11.6 Å². The Bertz CT molecular complexity index is 1030. The van der Waals surface area contributed by atoms with Gasteiger partial charge in [-0.25, -0.2) is 19.6 Å². The van der Waals surface area contributed by atoms with Gasteiger partial charge in [0.05, 0.1) is 20.6 Å². The molecule has 116 valence electrons. The number of aromatic nitrogens is 5. The second kappa shape index (κ2) is 4.99. The number of rotatable bonds is 2. The monoisotopic (exact) mass is 324 g/mol. The molecule has 3 aromatic heterocycles. The number of nitrogens with two attached hydrogens (primary N) is 1. The third-order valence-electron chi connectivity index (χ3n) is 3.78. The minimum absolute atomic E-state index is 0.190. The van der Waals surface area contributed by atoms with Crippen molar-refractivity contribution in [1.29, 1.82) is 0 Å². The first-order valence-corrected chi connectivity index (χ1v) is 8.22. The molecule has 0 amide bonds. The number of thiazole rings is 1. The largest absolute Gasteiger partial charge is 0.383 e. The van der Waals surface area contributed by atoms with Gasteiger partial charge in [-0.1, -0.05) is 6.07 Å². The molecule has 0 radical (unpaired) electrons. The van der Waals surface area contributed by atoms with Gasteiger partial charge in [0.25, 0.3) is 0 Å². The number of benzene rings is 1. The summed E-state index contributed by atoms with van der Waals surface area (Å²) < 4.78 is 3.04. The highest BCUT2D eigenvalue weighted by Crippen LogP contribution is 2.34. The summed E-state index contributed by atoms with van der Waals surface area (Å²) in [5.74, 6) is 0.456. The molecule has 4 rings (SSSR count). The molecule has 3 heterocycles. The fourth-order valence-electron chi connectivity index (χ4n) is 2.74.